The molecule has 106 valence electrons. The zero-order valence-electron chi connectivity index (χ0n) is 11.2. The average molecular weight is 298 g/mol. The Labute approximate surface area is 127 Å². The number of fused-ring (bicyclic) bond motifs is 1. The highest BCUT2D eigenvalue weighted by molar-refractivity contribution is 7.80. The molecule has 0 unspecified atom stereocenters. The Hall–Kier alpha value is -2.24. The van der Waals surface area contributed by atoms with Gasteiger partial charge in [0.1, 0.15) is 0 Å². The predicted molar refractivity (Wildman–Crippen MR) is 85.6 cm³/mol. The number of amides is 1. The molecule has 0 radical (unpaired) electrons. The molecule has 0 saturated carbocycles. The topological polar surface area (TPSA) is 54.3 Å². The van der Waals surface area contributed by atoms with Crippen molar-refractivity contribution in [1.29, 1.82) is 0 Å². The fraction of sp³-hybridized carbons (Fsp3) is 0.125. The standard InChI is InChI=1S/C16H14N2O2S/c19-16(17-20)13-5-4-12-6-7-18(15(12)9-13)10-11-2-1-3-14(21)8-11/h1-2,4-9,20H,3,10H2,(H,17,19). The molecular formula is C16H14N2O2S. The van der Waals surface area contributed by atoms with E-state index in [1.165, 1.54) is 0 Å². The van der Waals surface area contributed by atoms with Gasteiger partial charge in [-0.15, -0.1) is 0 Å². The maximum atomic E-state index is 11.5. The van der Waals surface area contributed by atoms with E-state index in [1.54, 1.807) is 17.6 Å². The Morgan fingerprint density at radius 1 is 1.38 bits per heavy atom. The molecular weight excluding hydrogens is 284 g/mol. The second-order valence-corrected chi connectivity index (χ2v) is 5.47. The SMILES string of the molecule is O=C(NO)c1ccc2ccn(CC3=CC(=S)CC=C3)c2c1. The third kappa shape index (κ3) is 2.79. The Bertz CT molecular complexity index is 787. The molecule has 0 spiro atoms. The van der Waals surface area contributed by atoms with Gasteiger partial charge < -0.3 is 4.57 Å². The molecule has 1 aliphatic carbocycles. The minimum atomic E-state index is -0.511. The van der Waals surface area contributed by atoms with E-state index in [9.17, 15) is 4.79 Å². The molecule has 5 heteroatoms. The smallest absolute Gasteiger partial charge is 0.274 e. The van der Waals surface area contributed by atoms with Crippen molar-refractivity contribution in [3.63, 3.8) is 0 Å². The molecule has 1 aromatic heterocycles. The van der Waals surface area contributed by atoms with Crippen LogP contribution in [0, 0.1) is 0 Å². The van der Waals surface area contributed by atoms with E-state index in [2.05, 4.69) is 16.7 Å². The van der Waals surface area contributed by atoms with Crippen LogP contribution in [0.4, 0.5) is 0 Å². The fourth-order valence-electron chi connectivity index (χ4n) is 2.46. The van der Waals surface area contributed by atoms with Gasteiger partial charge in [0.2, 0.25) is 0 Å². The van der Waals surface area contributed by atoms with Crippen LogP contribution in [0.5, 0.6) is 0 Å². The van der Waals surface area contributed by atoms with Crippen molar-refractivity contribution in [1.82, 2.24) is 10.0 Å². The van der Waals surface area contributed by atoms with E-state index < -0.39 is 5.91 Å². The summed E-state index contributed by atoms with van der Waals surface area (Å²) in [5.74, 6) is -0.511. The number of rotatable bonds is 3. The zero-order valence-corrected chi connectivity index (χ0v) is 12.1. The van der Waals surface area contributed by atoms with Crippen LogP contribution < -0.4 is 5.48 Å². The van der Waals surface area contributed by atoms with E-state index in [0.29, 0.717) is 12.1 Å². The summed E-state index contributed by atoms with van der Waals surface area (Å²) in [5, 5.41) is 9.78. The number of hydrogen-bond acceptors (Lipinski definition) is 3. The Morgan fingerprint density at radius 2 is 2.24 bits per heavy atom. The van der Waals surface area contributed by atoms with Crippen molar-refractivity contribution < 1.29 is 10.0 Å². The minimum Gasteiger partial charge on any atom is -0.343 e. The number of aromatic nitrogens is 1. The first kappa shape index (κ1) is 13.7. The number of carbonyl (C=O) groups excluding carboxylic acids is 1. The van der Waals surface area contributed by atoms with E-state index in [4.69, 9.17) is 17.4 Å². The van der Waals surface area contributed by atoms with Crippen molar-refractivity contribution in [2.24, 2.45) is 0 Å². The molecule has 1 aromatic carbocycles. The van der Waals surface area contributed by atoms with Crippen molar-refractivity contribution in [3.8, 4) is 0 Å². The van der Waals surface area contributed by atoms with Gasteiger partial charge in [-0.25, -0.2) is 5.48 Å². The summed E-state index contributed by atoms with van der Waals surface area (Å²) in [5.41, 5.74) is 4.17. The maximum absolute atomic E-state index is 11.5. The molecule has 2 aromatic rings. The Morgan fingerprint density at radius 3 is 3.00 bits per heavy atom. The summed E-state index contributed by atoms with van der Waals surface area (Å²) >= 11 is 5.23. The molecule has 1 amide bonds. The first-order valence-corrected chi connectivity index (χ1v) is 7.01. The number of hydroxylamine groups is 1. The molecule has 0 aliphatic heterocycles. The van der Waals surface area contributed by atoms with Gasteiger partial charge in [-0.05, 0) is 35.2 Å². The van der Waals surface area contributed by atoms with Crippen LogP contribution in [0.3, 0.4) is 0 Å². The normalized spacial score (nSPS) is 14.3. The summed E-state index contributed by atoms with van der Waals surface area (Å²) in [4.78, 5) is 12.4. The molecule has 4 nitrogen and oxygen atoms in total. The molecule has 1 heterocycles. The highest BCUT2D eigenvalue weighted by atomic mass is 32.1. The molecule has 3 rings (SSSR count). The highest BCUT2D eigenvalue weighted by Gasteiger charge is 2.09. The predicted octanol–water partition coefficient (Wildman–Crippen LogP) is 3.02. The number of thiocarbonyl (C=S) groups is 1. The van der Waals surface area contributed by atoms with Crippen LogP contribution in [0.2, 0.25) is 0 Å². The van der Waals surface area contributed by atoms with Gasteiger partial charge in [-0.2, -0.15) is 0 Å². The molecule has 1 aliphatic rings. The van der Waals surface area contributed by atoms with E-state index >= 15 is 0 Å². The summed E-state index contributed by atoms with van der Waals surface area (Å²) in [6, 6.07) is 7.33. The first-order valence-electron chi connectivity index (χ1n) is 6.60. The van der Waals surface area contributed by atoms with Crippen molar-refractivity contribution >= 4 is 33.9 Å². The number of benzene rings is 1. The van der Waals surface area contributed by atoms with E-state index in [-0.39, 0.29) is 0 Å². The number of hydrogen-bond donors (Lipinski definition) is 2. The summed E-state index contributed by atoms with van der Waals surface area (Å²) in [7, 11) is 0. The maximum Gasteiger partial charge on any atom is 0.274 e. The van der Waals surface area contributed by atoms with Gasteiger partial charge in [0.05, 0.1) is 0 Å². The van der Waals surface area contributed by atoms with Crippen molar-refractivity contribution in [3.05, 3.63) is 59.8 Å². The third-order valence-corrected chi connectivity index (χ3v) is 3.77. The minimum absolute atomic E-state index is 0.425. The van der Waals surface area contributed by atoms with Gasteiger partial charge in [-0.1, -0.05) is 30.4 Å². The summed E-state index contributed by atoms with van der Waals surface area (Å²) in [6.45, 7) is 0.699. The van der Waals surface area contributed by atoms with E-state index in [0.717, 1.165) is 27.8 Å². The lowest BCUT2D eigenvalue weighted by Gasteiger charge is -2.10. The van der Waals surface area contributed by atoms with E-state index in [1.807, 2.05) is 24.4 Å². The quantitative estimate of drug-likeness (QED) is 0.520. The lowest BCUT2D eigenvalue weighted by molar-refractivity contribution is 0.0706. The Kier molecular flexibility index (Phi) is 3.68. The second-order valence-electron chi connectivity index (χ2n) is 4.95. The molecule has 21 heavy (non-hydrogen) atoms. The lowest BCUT2D eigenvalue weighted by atomic mass is 10.1. The second kappa shape index (κ2) is 5.63. The van der Waals surface area contributed by atoms with Gasteiger partial charge in [-0.3, -0.25) is 10.0 Å². The third-order valence-electron chi connectivity index (χ3n) is 3.49. The number of allylic oxidation sites excluding steroid dienone is 4. The van der Waals surface area contributed by atoms with Gasteiger partial charge >= 0.3 is 0 Å². The molecule has 0 bridgehead atoms. The van der Waals surface area contributed by atoms with Crippen LogP contribution in [0.25, 0.3) is 10.9 Å². The summed E-state index contributed by atoms with van der Waals surface area (Å²) in [6.07, 6.45) is 8.97. The summed E-state index contributed by atoms with van der Waals surface area (Å²) < 4.78 is 2.06. The molecule has 0 fully saturated rings. The van der Waals surface area contributed by atoms with Gasteiger partial charge in [0, 0.05) is 35.1 Å². The monoisotopic (exact) mass is 298 g/mol. The number of carbonyl (C=O) groups is 1. The Balaban J connectivity index is 1.97. The van der Waals surface area contributed by atoms with Crippen LogP contribution in [-0.4, -0.2) is 20.5 Å². The highest BCUT2D eigenvalue weighted by Crippen LogP contribution is 2.20. The first-order chi connectivity index (χ1) is 10.2. The van der Waals surface area contributed by atoms with Crippen molar-refractivity contribution in [2.45, 2.75) is 13.0 Å². The van der Waals surface area contributed by atoms with Crippen molar-refractivity contribution in [2.75, 3.05) is 0 Å². The number of nitrogens with zero attached hydrogens (tertiary/aromatic N) is 1. The molecule has 2 N–H and O–H groups in total. The van der Waals surface area contributed by atoms with Crippen LogP contribution in [-0.2, 0) is 6.54 Å². The van der Waals surface area contributed by atoms with Crippen LogP contribution >= 0.6 is 12.2 Å². The number of nitrogens with one attached hydrogen (secondary N) is 1. The zero-order chi connectivity index (χ0) is 14.8. The lowest BCUT2D eigenvalue weighted by Crippen LogP contribution is -2.18. The van der Waals surface area contributed by atoms with Crippen LogP contribution in [0.15, 0.2) is 54.3 Å². The molecule has 0 saturated heterocycles. The fourth-order valence-corrected chi connectivity index (χ4v) is 2.71. The largest absolute Gasteiger partial charge is 0.343 e. The average Bonchev–Trinajstić information content (AvgIpc) is 2.89. The van der Waals surface area contributed by atoms with Crippen LogP contribution in [0.1, 0.15) is 16.8 Å². The molecule has 0 atom stereocenters. The van der Waals surface area contributed by atoms with Gasteiger partial charge in [0.25, 0.3) is 5.91 Å². The van der Waals surface area contributed by atoms with Gasteiger partial charge in [0.15, 0.2) is 0 Å².